The zero-order valence-electron chi connectivity index (χ0n) is 21.8. The Balaban J connectivity index is 0.000000905. The lowest BCUT2D eigenvalue weighted by Crippen LogP contribution is -2.44. The van der Waals surface area contributed by atoms with Crippen LogP contribution < -0.4 is 21.7 Å². The van der Waals surface area contributed by atoms with Gasteiger partial charge in [-0.25, -0.2) is 4.79 Å². The summed E-state index contributed by atoms with van der Waals surface area (Å²) in [6, 6.07) is 13.1. The molecule has 6 N–H and O–H groups in total. The topological polar surface area (TPSA) is 151 Å². The fourth-order valence-corrected chi connectivity index (χ4v) is 3.39. The van der Waals surface area contributed by atoms with Crippen molar-refractivity contribution < 1.29 is 37.5 Å². The number of hydrogen-bond donors (Lipinski definition) is 5. The molecule has 2 aromatic carbocycles. The number of amides is 3. The molecule has 0 aliphatic carbocycles. The highest BCUT2D eigenvalue weighted by atomic mass is 19.4. The molecule has 2 atom stereocenters. The number of carbonyl (C=O) groups is 4. The number of hydrogen-bond acceptors (Lipinski definition) is 5. The van der Waals surface area contributed by atoms with Gasteiger partial charge in [-0.1, -0.05) is 42.5 Å². The largest absolute Gasteiger partial charge is 0.490 e. The van der Waals surface area contributed by atoms with E-state index in [2.05, 4.69) is 16.0 Å². The number of nitrogens with one attached hydrogen (secondary N) is 3. The van der Waals surface area contributed by atoms with Gasteiger partial charge < -0.3 is 26.8 Å². The van der Waals surface area contributed by atoms with Crippen molar-refractivity contribution in [1.29, 1.82) is 0 Å². The lowest BCUT2D eigenvalue weighted by atomic mass is 10.0. The molecule has 0 saturated heterocycles. The Hall–Kier alpha value is -3.67. The van der Waals surface area contributed by atoms with Gasteiger partial charge >= 0.3 is 12.1 Å². The van der Waals surface area contributed by atoms with E-state index in [1.807, 2.05) is 63.2 Å². The second kappa shape index (κ2) is 14.3. The van der Waals surface area contributed by atoms with E-state index in [1.165, 1.54) is 0 Å². The summed E-state index contributed by atoms with van der Waals surface area (Å²) in [6.07, 6.45) is -4.82. The second-order valence-electron chi connectivity index (χ2n) is 9.86. The Bertz CT molecular complexity index is 1110. The number of carboxylic acids is 1. The van der Waals surface area contributed by atoms with Gasteiger partial charge in [0, 0.05) is 43.4 Å². The van der Waals surface area contributed by atoms with Gasteiger partial charge in [0.1, 0.15) is 0 Å². The smallest absolute Gasteiger partial charge is 0.475 e. The molecule has 0 aliphatic heterocycles. The SMILES string of the molecule is C[C@@H](CC(=O)NCc1cccc2ccccc12)NC(=O)C[C@@H](N)CC(=O)NC(C)(C)C.O=C(O)C(F)(F)F. The van der Waals surface area contributed by atoms with E-state index in [9.17, 15) is 27.6 Å². The maximum Gasteiger partial charge on any atom is 0.490 e. The van der Waals surface area contributed by atoms with Crippen molar-refractivity contribution >= 4 is 34.5 Å². The lowest BCUT2D eigenvalue weighted by Gasteiger charge is -2.22. The van der Waals surface area contributed by atoms with Gasteiger partial charge in [0.15, 0.2) is 0 Å². The number of rotatable bonds is 9. The van der Waals surface area contributed by atoms with E-state index in [1.54, 1.807) is 6.92 Å². The molecule has 210 valence electrons. The first-order valence-corrected chi connectivity index (χ1v) is 11.9. The van der Waals surface area contributed by atoms with Crippen LogP contribution in [0.1, 0.15) is 52.5 Å². The highest BCUT2D eigenvalue weighted by Gasteiger charge is 2.38. The molecule has 12 heteroatoms. The molecular formula is C26H35F3N4O5. The number of carbonyl (C=O) groups excluding carboxylic acids is 3. The van der Waals surface area contributed by atoms with Crippen LogP contribution in [0.3, 0.4) is 0 Å². The molecule has 38 heavy (non-hydrogen) atoms. The number of carboxylic acid groups (broad SMARTS) is 1. The summed E-state index contributed by atoms with van der Waals surface area (Å²) in [6.45, 7) is 7.85. The average Bonchev–Trinajstić information content (AvgIpc) is 2.75. The number of halogens is 3. The third kappa shape index (κ3) is 13.0. The molecule has 0 fully saturated rings. The van der Waals surface area contributed by atoms with Crippen LogP contribution in [0.2, 0.25) is 0 Å². The predicted molar refractivity (Wildman–Crippen MR) is 137 cm³/mol. The Kier molecular flexibility index (Phi) is 12.2. The number of benzene rings is 2. The van der Waals surface area contributed by atoms with Crippen LogP contribution in [0.5, 0.6) is 0 Å². The third-order valence-electron chi connectivity index (χ3n) is 4.91. The van der Waals surface area contributed by atoms with Gasteiger partial charge in [-0.3, -0.25) is 14.4 Å². The van der Waals surface area contributed by atoms with Gasteiger partial charge in [0.05, 0.1) is 0 Å². The van der Waals surface area contributed by atoms with Crippen LogP contribution >= 0.6 is 0 Å². The van der Waals surface area contributed by atoms with E-state index in [0.717, 1.165) is 16.3 Å². The first kappa shape index (κ1) is 32.4. The van der Waals surface area contributed by atoms with Gasteiger partial charge in [-0.15, -0.1) is 0 Å². The predicted octanol–water partition coefficient (Wildman–Crippen LogP) is 3.01. The summed E-state index contributed by atoms with van der Waals surface area (Å²) >= 11 is 0. The quantitative estimate of drug-likeness (QED) is 0.330. The zero-order chi connectivity index (χ0) is 29.1. The van der Waals surface area contributed by atoms with Gasteiger partial charge in [0.25, 0.3) is 0 Å². The maximum atomic E-state index is 12.3. The lowest BCUT2D eigenvalue weighted by molar-refractivity contribution is -0.192. The molecular weight excluding hydrogens is 505 g/mol. The monoisotopic (exact) mass is 540 g/mol. The molecule has 0 heterocycles. The van der Waals surface area contributed by atoms with Gasteiger partial charge in [-0.2, -0.15) is 13.2 Å². The molecule has 3 amide bonds. The van der Waals surface area contributed by atoms with Crippen molar-refractivity contribution in [1.82, 2.24) is 16.0 Å². The van der Waals surface area contributed by atoms with Crippen LogP contribution in [0.4, 0.5) is 13.2 Å². The minimum Gasteiger partial charge on any atom is -0.475 e. The van der Waals surface area contributed by atoms with Crippen molar-refractivity contribution in [2.24, 2.45) is 5.73 Å². The summed E-state index contributed by atoms with van der Waals surface area (Å²) in [5.41, 5.74) is 6.63. The van der Waals surface area contributed by atoms with Crippen LogP contribution in [0.25, 0.3) is 10.8 Å². The van der Waals surface area contributed by atoms with E-state index < -0.39 is 18.2 Å². The Morgan fingerprint density at radius 3 is 2.03 bits per heavy atom. The molecule has 0 radical (unpaired) electrons. The Labute approximate surface area is 219 Å². The molecule has 0 spiro atoms. The molecule has 0 bridgehead atoms. The molecule has 0 unspecified atom stereocenters. The number of fused-ring (bicyclic) bond motifs is 1. The van der Waals surface area contributed by atoms with Crippen molar-refractivity contribution in [3.8, 4) is 0 Å². The zero-order valence-corrected chi connectivity index (χ0v) is 21.8. The third-order valence-corrected chi connectivity index (χ3v) is 4.91. The maximum absolute atomic E-state index is 12.3. The Morgan fingerprint density at radius 2 is 1.45 bits per heavy atom. The van der Waals surface area contributed by atoms with E-state index in [-0.39, 0.29) is 48.6 Å². The highest BCUT2D eigenvalue weighted by molar-refractivity contribution is 5.86. The second-order valence-corrected chi connectivity index (χ2v) is 9.86. The minimum atomic E-state index is -5.08. The van der Waals surface area contributed by atoms with Crippen molar-refractivity contribution in [3.05, 3.63) is 48.0 Å². The fraction of sp³-hybridized carbons (Fsp3) is 0.462. The van der Waals surface area contributed by atoms with Gasteiger partial charge in [0.2, 0.25) is 17.7 Å². The van der Waals surface area contributed by atoms with Crippen LogP contribution in [-0.2, 0) is 25.7 Å². The molecule has 2 rings (SSSR count). The van der Waals surface area contributed by atoms with E-state index in [4.69, 9.17) is 15.6 Å². The van der Waals surface area contributed by atoms with Crippen LogP contribution in [-0.4, -0.2) is 52.6 Å². The standard InChI is InChI=1S/C24H34N4O3.C2HF3O2/c1-16(27-22(30)13-19(25)14-23(31)28-24(2,3)4)12-21(29)26-15-18-10-7-9-17-8-5-6-11-20(17)18;3-2(4,5)1(6)7/h5-11,16,19H,12-15,25H2,1-4H3,(H,26,29)(H,27,30)(H,28,31);(H,6,7)/t16-,19+;/m0./s1. The average molecular weight is 541 g/mol. The summed E-state index contributed by atoms with van der Waals surface area (Å²) in [5.74, 6) is -3.36. The molecule has 0 aliphatic rings. The molecule has 2 aromatic rings. The molecule has 0 aromatic heterocycles. The molecule has 9 nitrogen and oxygen atoms in total. The summed E-state index contributed by atoms with van der Waals surface area (Å²) in [7, 11) is 0. The van der Waals surface area contributed by atoms with Crippen molar-refractivity contribution in [3.63, 3.8) is 0 Å². The van der Waals surface area contributed by atoms with Crippen molar-refractivity contribution in [2.75, 3.05) is 0 Å². The van der Waals surface area contributed by atoms with E-state index >= 15 is 0 Å². The van der Waals surface area contributed by atoms with E-state index in [0.29, 0.717) is 6.54 Å². The molecule has 0 saturated carbocycles. The van der Waals surface area contributed by atoms with Crippen molar-refractivity contribution in [2.45, 2.75) is 77.3 Å². The Morgan fingerprint density at radius 1 is 0.895 bits per heavy atom. The normalized spacial score (nSPS) is 12.9. The first-order valence-electron chi connectivity index (χ1n) is 11.9. The number of nitrogens with two attached hydrogens (primary N) is 1. The van der Waals surface area contributed by atoms with Crippen LogP contribution in [0.15, 0.2) is 42.5 Å². The summed E-state index contributed by atoms with van der Waals surface area (Å²) in [5, 5.41) is 17.9. The van der Waals surface area contributed by atoms with Gasteiger partial charge in [-0.05, 0) is 44.0 Å². The fourth-order valence-electron chi connectivity index (χ4n) is 3.39. The summed E-state index contributed by atoms with van der Waals surface area (Å²) < 4.78 is 31.7. The minimum absolute atomic E-state index is 0.0273. The van der Waals surface area contributed by atoms with Crippen LogP contribution in [0, 0.1) is 0 Å². The highest BCUT2D eigenvalue weighted by Crippen LogP contribution is 2.18. The number of aliphatic carboxylic acids is 1. The summed E-state index contributed by atoms with van der Waals surface area (Å²) in [4.78, 5) is 45.3. The first-order chi connectivity index (χ1) is 17.5. The number of alkyl halides is 3.